The first-order valence-electron chi connectivity index (χ1n) is 10.4. The first-order chi connectivity index (χ1) is 14.3. The third-order valence-corrected chi connectivity index (χ3v) is 5.79. The number of carbonyl (C=O) groups excluding carboxylic acids is 1. The minimum atomic E-state index is -0.162. The molecule has 1 amide bonds. The summed E-state index contributed by atoms with van der Waals surface area (Å²) in [6.07, 6.45) is 6.20. The Balaban J connectivity index is 1.36. The second kappa shape index (κ2) is 7.83. The minimum Gasteiger partial charge on any atom is -0.468 e. The molecule has 1 unspecified atom stereocenters. The third-order valence-electron chi connectivity index (χ3n) is 5.79. The van der Waals surface area contributed by atoms with Crippen LogP contribution in [0.5, 0.6) is 0 Å². The Labute approximate surface area is 169 Å². The fourth-order valence-electron chi connectivity index (χ4n) is 4.15. The maximum Gasteiger partial charge on any atom is 0.273 e. The van der Waals surface area contributed by atoms with Gasteiger partial charge in [0.15, 0.2) is 5.69 Å². The van der Waals surface area contributed by atoms with E-state index in [1.165, 1.54) is 12.8 Å². The van der Waals surface area contributed by atoms with Crippen LogP contribution in [0.25, 0.3) is 5.69 Å². The summed E-state index contributed by atoms with van der Waals surface area (Å²) in [6, 6.07) is 13.8. The Morgan fingerprint density at radius 1 is 1.14 bits per heavy atom. The van der Waals surface area contributed by atoms with Crippen molar-refractivity contribution in [2.75, 3.05) is 19.6 Å². The van der Waals surface area contributed by atoms with Gasteiger partial charge in [-0.15, -0.1) is 5.10 Å². The summed E-state index contributed by atoms with van der Waals surface area (Å²) in [4.78, 5) is 15.4. The molecule has 0 radical (unpaired) electrons. The fourth-order valence-corrected chi connectivity index (χ4v) is 4.15. The van der Waals surface area contributed by atoms with Crippen molar-refractivity contribution in [1.29, 1.82) is 0 Å². The van der Waals surface area contributed by atoms with Crippen LogP contribution in [-0.4, -0.2) is 45.4 Å². The van der Waals surface area contributed by atoms with Crippen LogP contribution in [0.1, 0.15) is 59.6 Å². The summed E-state index contributed by atoms with van der Waals surface area (Å²) >= 11 is 0. The Bertz CT molecular complexity index is 957. The van der Waals surface area contributed by atoms with Gasteiger partial charge in [-0.25, -0.2) is 4.68 Å². The van der Waals surface area contributed by atoms with Gasteiger partial charge in [-0.05, 0) is 63.0 Å². The van der Waals surface area contributed by atoms with Crippen LogP contribution in [-0.2, 0) is 0 Å². The van der Waals surface area contributed by atoms with Gasteiger partial charge in [0.2, 0.25) is 0 Å². The van der Waals surface area contributed by atoms with Crippen molar-refractivity contribution in [3.05, 3.63) is 65.9 Å². The molecule has 1 aromatic carbocycles. The van der Waals surface area contributed by atoms with E-state index in [2.05, 4.69) is 20.5 Å². The molecule has 1 atom stereocenters. The lowest BCUT2D eigenvalue weighted by atomic mass is 10.1. The highest BCUT2D eigenvalue weighted by Crippen LogP contribution is 2.42. The molecule has 29 heavy (non-hydrogen) atoms. The van der Waals surface area contributed by atoms with Gasteiger partial charge in [0, 0.05) is 12.5 Å². The van der Waals surface area contributed by atoms with Gasteiger partial charge < -0.3 is 9.73 Å². The number of para-hydroxylation sites is 1. The van der Waals surface area contributed by atoms with E-state index in [1.807, 2.05) is 47.1 Å². The molecule has 7 heteroatoms. The average molecular weight is 391 g/mol. The van der Waals surface area contributed by atoms with Crippen LogP contribution < -0.4 is 5.32 Å². The van der Waals surface area contributed by atoms with E-state index in [4.69, 9.17) is 4.42 Å². The normalized spacial score (nSPS) is 18.1. The molecule has 1 saturated carbocycles. The van der Waals surface area contributed by atoms with E-state index in [-0.39, 0.29) is 11.9 Å². The highest BCUT2D eigenvalue weighted by molar-refractivity contribution is 5.93. The molecule has 0 bridgehead atoms. The molecule has 2 aromatic heterocycles. The standard InChI is InChI=1S/C22H25N5O2/c28-22(23-15-18(19-9-6-14-29-19)26-12-4-5-13-26)20-21(16-10-11-16)27(25-24-20)17-7-2-1-3-8-17/h1-3,6-9,14,16,18H,4-5,10-13,15H2,(H,23,28). The smallest absolute Gasteiger partial charge is 0.273 e. The Kier molecular flexibility index (Phi) is 4.89. The lowest BCUT2D eigenvalue weighted by Gasteiger charge is -2.25. The minimum absolute atomic E-state index is 0.0463. The van der Waals surface area contributed by atoms with Gasteiger partial charge in [0.05, 0.1) is 23.7 Å². The first kappa shape index (κ1) is 18.1. The van der Waals surface area contributed by atoms with E-state index in [0.717, 1.165) is 43.1 Å². The zero-order valence-electron chi connectivity index (χ0n) is 16.3. The number of aromatic nitrogens is 3. The topological polar surface area (TPSA) is 76.2 Å². The Morgan fingerprint density at radius 3 is 2.62 bits per heavy atom. The second-order valence-electron chi connectivity index (χ2n) is 7.83. The van der Waals surface area contributed by atoms with Gasteiger partial charge >= 0.3 is 0 Å². The third kappa shape index (κ3) is 3.70. The predicted molar refractivity (Wildman–Crippen MR) is 108 cm³/mol. The Morgan fingerprint density at radius 2 is 1.93 bits per heavy atom. The largest absolute Gasteiger partial charge is 0.468 e. The number of hydrogen-bond donors (Lipinski definition) is 1. The number of amides is 1. The molecule has 1 aliphatic carbocycles. The van der Waals surface area contributed by atoms with Crippen LogP contribution in [0.3, 0.4) is 0 Å². The van der Waals surface area contributed by atoms with Gasteiger partial charge in [0.1, 0.15) is 5.76 Å². The zero-order valence-corrected chi connectivity index (χ0v) is 16.3. The highest BCUT2D eigenvalue weighted by atomic mass is 16.3. The monoisotopic (exact) mass is 391 g/mol. The summed E-state index contributed by atoms with van der Waals surface area (Å²) in [6.45, 7) is 2.55. The molecule has 2 fully saturated rings. The highest BCUT2D eigenvalue weighted by Gasteiger charge is 2.35. The number of carbonyl (C=O) groups is 1. The number of hydrogen-bond acceptors (Lipinski definition) is 5. The van der Waals surface area contributed by atoms with E-state index in [1.54, 1.807) is 6.26 Å². The van der Waals surface area contributed by atoms with Crippen LogP contribution in [0.15, 0.2) is 53.1 Å². The molecule has 0 spiro atoms. The Hall–Kier alpha value is -2.93. The number of nitrogens with one attached hydrogen (secondary N) is 1. The molecule has 7 nitrogen and oxygen atoms in total. The van der Waals surface area contributed by atoms with Gasteiger partial charge in [0.25, 0.3) is 5.91 Å². The second-order valence-corrected chi connectivity index (χ2v) is 7.83. The van der Waals surface area contributed by atoms with Crippen LogP contribution in [0.4, 0.5) is 0 Å². The predicted octanol–water partition coefficient (Wildman–Crippen LogP) is 3.30. The van der Waals surface area contributed by atoms with Crippen molar-refractivity contribution < 1.29 is 9.21 Å². The number of nitrogens with zero attached hydrogens (tertiary/aromatic N) is 4. The van der Waals surface area contributed by atoms with Gasteiger partial charge in [-0.3, -0.25) is 9.69 Å². The van der Waals surface area contributed by atoms with Crippen molar-refractivity contribution in [3.8, 4) is 5.69 Å². The van der Waals surface area contributed by atoms with Crippen LogP contribution in [0.2, 0.25) is 0 Å². The fraction of sp³-hybridized carbons (Fsp3) is 0.409. The van der Waals surface area contributed by atoms with E-state index in [0.29, 0.717) is 18.2 Å². The SMILES string of the molecule is O=C(NCC(c1ccco1)N1CCCC1)c1nnn(-c2ccccc2)c1C1CC1. The molecule has 3 aromatic rings. The summed E-state index contributed by atoms with van der Waals surface area (Å²) < 4.78 is 7.47. The molecule has 2 aliphatic rings. The molecular weight excluding hydrogens is 366 g/mol. The zero-order chi connectivity index (χ0) is 19.6. The summed E-state index contributed by atoms with van der Waals surface area (Å²) in [7, 11) is 0. The van der Waals surface area contributed by atoms with E-state index >= 15 is 0 Å². The number of furan rings is 1. The summed E-state index contributed by atoms with van der Waals surface area (Å²) in [5, 5.41) is 11.7. The molecule has 3 heterocycles. The molecule has 1 N–H and O–H groups in total. The maximum atomic E-state index is 13.1. The van der Waals surface area contributed by atoms with Crippen molar-refractivity contribution in [3.63, 3.8) is 0 Å². The van der Waals surface area contributed by atoms with Crippen LogP contribution in [0, 0.1) is 0 Å². The molecule has 5 rings (SSSR count). The van der Waals surface area contributed by atoms with Crippen molar-refractivity contribution in [2.24, 2.45) is 0 Å². The molecule has 1 aliphatic heterocycles. The van der Waals surface area contributed by atoms with E-state index < -0.39 is 0 Å². The molecule has 150 valence electrons. The van der Waals surface area contributed by atoms with E-state index in [9.17, 15) is 4.79 Å². The molecule has 1 saturated heterocycles. The van der Waals surface area contributed by atoms with Gasteiger partial charge in [-0.2, -0.15) is 0 Å². The van der Waals surface area contributed by atoms with Crippen molar-refractivity contribution in [2.45, 2.75) is 37.6 Å². The number of likely N-dealkylation sites (tertiary alicyclic amines) is 1. The summed E-state index contributed by atoms with van der Waals surface area (Å²) in [5.41, 5.74) is 2.30. The van der Waals surface area contributed by atoms with Crippen molar-refractivity contribution in [1.82, 2.24) is 25.2 Å². The van der Waals surface area contributed by atoms with Crippen LogP contribution >= 0.6 is 0 Å². The van der Waals surface area contributed by atoms with Gasteiger partial charge in [-0.1, -0.05) is 23.4 Å². The molecular formula is C22H25N5O2. The lowest BCUT2D eigenvalue weighted by molar-refractivity contribution is 0.0927. The maximum absolute atomic E-state index is 13.1. The summed E-state index contributed by atoms with van der Waals surface area (Å²) in [5.74, 6) is 1.08. The number of benzene rings is 1. The lowest BCUT2D eigenvalue weighted by Crippen LogP contribution is -2.37. The quantitative estimate of drug-likeness (QED) is 0.669. The number of rotatable bonds is 7. The average Bonchev–Trinajstić information content (AvgIpc) is 3.20. The van der Waals surface area contributed by atoms with Crippen molar-refractivity contribution >= 4 is 5.91 Å². The first-order valence-corrected chi connectivity index (χ1v) is 10.4.